The molecule has 1 aromatic heterocycles. The minimum Gasteiger partial charge on any atom is -0.327 e. The minimum atomic E-state index is 0.751. The first kappa shape index (κ1) is 6.38. The molecule has 1 heterocycles. The van der Waals surface area contributed by atoms with Crippen molar-refractivity contribution in [2.24, 2.45) is 7.05 Å². The summed E-state index contributed by atoms with van der Waals surface area (Å²) in [6.45, 7) is 0. The zero-order valence-corrected chi connectivity index (χ0v) is 5.50. The molecular formula is C7H5N3. The third-order valence-electron chi connectivity index (χ3n) is 1.06. The third kappa shape index (κ3) is 1.15. The first-order valence-electron chi connectivity index (χ1n) is 2.71. The summed E-state index contributed by atoms with van der Waals surface area (Å²) in [5.74, 6) is 4.92. The Morgan fingerprint density at radius 3 is 3.00 bits per heavy atom. The molecule has 10 heavy (non-hydrogen) atoms. The van der Waals surface area contributed by atoms with Crippen LogP contribution < -0.4 is 0 Å². The molecule has 0 aromatic carbocycles. The first-order chi connectivity index (χ1) is 4.84. The number of imidazole rings is 1. The van der Waals surface area contributed by atoms with Crippen molar-refractivity contribution in [3.63, 3.8) is 0 Å². The molecule has 0 saturated carbocycles. The highest BCUT2D eigenvalue weighted by atomic mass is 15.0. The van der Waals surface area contributed by atoms with Gasteiger partial charge in [0.15, 0.2) is 6.07 Å². The maximum atomic E-state index is 8.10. The molecule has 0 aliphatic carbocycles. The fraction of sp³-hybridized carbons (Fsp3) is 0.143. The van der Waals surface area contributed by atoms with Crippen molar-refractivity contribution in [2.75, 3.05) is 0 Å². The van der Waals surface area contributed by atoms with Crippen molar-refractivity contribution in [1.29, 1.82) is 5.26 Å². The number of nitrogens with zero attached hydrogens (tertiary/aromatic N) is 3. The van der Waals surface area contributed by atoms with Crippen molar-refractivity contribution in [3.05, 3.63) is 18.2 Å². The van der Waals surface area contributed by atoms with Crippen molar-refractivity contribution >= 4 is 0 Å². The number of aryl methyl sites for hydroxylation is 1. The predicted molar refractivity (Wildman–Crippen MR) is 35.7 cm³/mol. The predicted octanol–water partition coefficient (Wildman–Crippen LogP) is 0.295. The fourth-order valence-corrected chi connectivity index (χ4v) is 0.570. The maximum absolute atomic E-state index is 8.10. The van der Waals surface area contributed by atoms with Gasteiger partial charge >= 0.3 is 0 Å². The van der Waals surface area contributed by atoms with Gasteiger partial charge in [-0.3, -0.25) is 0 Å². The maximum Gasteiger partial charge on any atom is 0.152 e. The van der Waals surface area contributed by atoms with E-state index in [1.165, 1.54) is 0 Å². The van der Waals surface area contributed by atoms with Crippen LogP contribution in [-0.4, -0.2) is 9.55 Å². The van der Waals surface area contributed by atoms with E-state index < -0.39 is 0 Å². The van der Waals surface area contributed by atoms with Gasteiger partial charge in [-0.05, 0) is 5.92 Å². The Balaban J connectivity index is 2.97. The summed E-state index contributed by atoms with van der Waals surface area (Å²) in [5.41, 5.74) is 0.751. The number of nitriles is 1. The summed E-state index contributed by atoms with van der Waals surface area (Å²) < 4.78 is 1.75. The van der Waals surface area contributed by atoms with E-state index in [9.17, 15) is 0 Å². The molecule has 0 atom stereocenters. The van der Waals surface area contributed by atoms with Crippen LogP contribution in [0.3, 0.4) is 0 Å². The molecule has 0 aliphatic rings. The lowest BCUT2D eigenvalue weighted by Crippen LogP contribution is -1.87. The molecular weight excluding hydrogens is 126 g/mol. The average molecular weight is 131 g/mol. The Hall–Kier alpha value is -1.74. The van der Waals surface area contributed by atoms with Gasteiger partial charge in [0, 0.05) is 13.0 Å². The highest BCUT2D eigenvalue weighted by Crippen LogP contribution is 1.90. The van der Waals surface area contributed by atoms with Gasteiger partial charge in [0.05, 0.1) is 12.5 Å². The Bertz CT molecular complexity index is 319. The van der Waals surface area contributed by atoms with Crippen molar-refractivity contribution in [1.82, 2.24) is 9.55 Å². The number of rotatable bonds is 0. The van der Waals surface area contributed by atoms with Gasteiger partial charge in [-0.15, -0.1) is 0 Å². The molecule has 0 spiro atoms. The van der Waals surface area contributed by atoms with Gasteiger partial charge in [0.1, 0.15) is 5.69 Å². The van der Waals surface area contributed by atoms with Crippen LogP contribution >= 0.6 is 0 Å². The second kappa shape index (κ2) is 2.70. The van der Waals surface area contributed by atoms with Crippen molar-refractivity contribution in [2.45, 2.75) is 0 Å². The molecule has 3 nitrogen and oxygen atoms in total. The normalized spacial score (nSPS) is 7.60. The summed E-state index contributed by atoms with van der Waals surface area (Å²) in [7, 11) is 1.83. The highest BCUT2D eigenvalue weighted by Gasteiger charge is 1.89. The molecule has 1 aromatic rings. The molecule has 0 radical (unpaired) electrons. The SMILES string of the molecule is Cn1cncc1C#CC#N. The van der Waals surface area contributed by atoms with Gasteiger partial charge in [-0.2, -0.15) is 5.26 Å². The lowest BCUT2D eigenvalue weighted by molar-refractivity contribution is 0.899. The fourth-order valence-electron chi connectivity index (χ4n) is 0.570. The molecule has 0 N–H and O–H groups in total. The zero-order chi connectivity index (χ0) is 7.40. The van der Waals surface area contributed by atoms with Crippen LogP contribution in [-0.2, 0) is 7.05 Å². The molecule has 48 valence electrons. The summed E-state index contributed by atoms with van der Waals surface area (Å²) in [6.07, 6.45) is 3.26. The van der Waals surface area contributed by atoms with Crippen molar-refractivity contribution < 1.29 is 0 Å². The molecule has 0 bridgehead atoms. The smallest absolute Gasteiger partial charge is 0.152 e. The Morgan fingerprint density at radius 1 is 1.70 bits per heavy atom. The van der Waals surface area contributed by atoms with Crippen LogP contribution in [0.1, 0.15) is 5.69 Å². The van der Waals surface area contributed by atoms with E-state index in [-0.39, 0.29) is 0 Å². The molecule has 0 saturated heterocycles. The number of hydrogen-bond acceptors (Lipinski definition) is 2. The van der Waals surface area contributed by atoms with Gasteiger partial charge in [0.25, 0.3) is 0 Å². The van der Waals surface area contributed by atoms with Crippen molar-refractivity contribution in [3.8, 4) is 17.9 Å². The third-order valence-corrected chi connectivity index (χ3v) is 1.06. The standard InChI is InChI=1S/C7H5N3/c1-10-6-9-5-7(10)3-2-4-8/h5-6H,1H3. The molecule has 3 heteroatoms. The topological polar surface area (TPSA) is 41.6 Å². The molecule has 0 fully saturated rings. The van der Waals surface area contributed by atoms with Crippen LogP contribution in [0.15, 0.2) is 12.5 Å². The van der Waals surface area contributed by atoms with Crippen LogP contribution in [0.25, 0.3) is 0 Å². The zero-order valence-electron chi connectivity index (χ0n) is 5.50. The van der Waals surface area contributed by atoms with E-state index in [0.29, 0.717) is 0 Å². The Labute approximate surface area is 58.9 Å². The second-order valence-electron chi connectivity index (χ2n) is 1.75. The molecule has 0 unspecified atom stereocenters. The Morgan fingerprint density at radius 2 is 2.50 bits per heavy atom. The van der Waals surface area contributed by atoms with E-state index in [2.05, 4.69) is 16.8 Å². The summed E-state index contributed by atoms with van der Waals surface area (Å²) in [6, 6.07) is 1.73. The van der Waals surface area contributed by atoms with Gasteiger partial charge < -0.3 is 4.57 Å². The van der Waals surface area contributed by atoms with Crippen LogP contribution in [0.5, 0.6) is 0 Å². The number of hydrogen-bond donors (Lipinski definition) is 0. The van der Waals surface area contributed by atoms with E-state index in [1.54, 1.807) is 23.2 Å². The summed E-state index contributed by atoms with van der Waals surface area (Å²) in [4.78, 5) is 3.83. The lowest BCUT2D eigenvalue weighted by atomic mass is 10.4. The van der Waals surface area contributed by atoms with Gasteiger partial charge in [-0.1, -0.05) is 0 Å². The largest absolute Gasteiger partial charge is 0.327 e. The lowest BCUT2D eigenvalue weighted by Gasteiger charge is -1.87. The molecule has 1 rings (SSSR count). The average Bonchev–Trinajstić information content (AvgIpc) is 2.31. The van der Waals surface area contributed by atoms with E-state index in [0.717, 1.165) is 5.69 Å². The van der Waals surface area contributed by atoms with E-state index in [4.69, 9.17) is 5.26 Å². The molecule has 0 aliphatic heterocycles. The van der Waals surface area contributed by atoms with Crippen LogP contribution in [0, 0.1) is 23.2 Å². The highest BCUT2D eigenvalue weighted by molar-refractivity contribution is 5.31. The van der Waals surface area contributed by atoms with Crippen LogP contribution in [0.2, 0.25) is 0 Å². The van der Waals surface area contributed by atoms with Gasteiger partial charge in [-0.25, -0.2) is 4.98 Å². The first-order valence-corrected chi connectivity index (χ1v) is 2.71. The second-order valence-corrected chi connectivity index (χ2v) is 1.75. The van der Waals surface area contributed by atoms with Gasteiger partial charge in [0.2, 0.25) is 0 Å². The number of aromatic nitrogens is 2. The van der Waals surface area contributed by atoms with Crippen LogP contribution in [0.4, 0.5) is 0 Å². The quantitative estimate of drug-likeness (QED) is 0.475. The summed E-state index contributed by atoms with van der Waals surface area (Å²) in [5, 5.41) is 8.10. The Kier molecular flexibility index (Phi) is 1.72. The van der Waals surface area contributed by atoms with E-state index in [1.807, 2.05) is 7.05 Å². The molecule has 0 amide bonds. The monoisotopic (exact) mass is 131 g/mol. The van der Waals surface area contributed by atoms with E-state index >= 15 is 0 Å². The minimum absolute atomic E-state index is 0.751. The summed E-state index contributed by atoms with van der Waals surface area (Å²) >= 11 is 0.